The standard InChI is InChI=1S/C19H21N5O/c25-19(23-13-3-4-13)12-2-1-9-24(11-12)16-6-8-20-15-10-22-18-14(17(15)16)5-7-21-18/h5-8,10,12-13,20H,1-4,9,11H2,(H,23,25)/t12-/m0/s1. The molecule has 1 amide bonds. The molecule has 1 aliphatic carbocycles. The number of amides is 1. The fraction of sp³-hybridized carbons (Fsp3) is 0.421. The van der Waals surface area contributed by atoms with Gasteiger partial charge >= 0.3 is 0 Å². The van der Waals surface area contributed by atoms with Gasteiger partial charge in [0, 0.05) is 48.0 Å². The predicted octanol–water partition coefficient (Wildman–Crippen LogP) is 2.61. The third-order valence-corrected chi connectivity index (χ3v) is 5.33. The van der Waals surface area contributed by atoms with Gasteiger partial charge in [-0.2, -0.15) is 0 Å². The van der Waals surface area contributed by atoms with E-state index >= 15 is 0 Å². The molecule has 1 aliphatic heterocycles. The van der Waals surface area contributed by atoms with Crippen molar-refractivity contribution in [2.45, 2.75) is 31.7 Å². The first kappa shape index (κ1) is 14.7. The summed E-state index contributed by atoms with van der Waals surface area (Å²) in [6.45, 7) is 1.75. The van der Waals surface area contributed by atoms with Gasteiger partial charge in [0.15, 0.2) is 5.65 Å². The van der Waals surface area contributed by atoms with Crippen LogP contribution >= 0.6 is 0 Å². The Bertz CT molecular complexity index is 945. The summed E-state index contributed by atoms with van der Waals surface area (Å²) in [4.78, 5) is 26.9. The van der Waals surface area contributed by atoms with E-state index in [1.807, 2.05) is 18.5 Å². The van der Waals surface area contributed by atoms with Crippen LogP contribution in [0.25, 0.3) is 21.9 Å². The molecule has 1 atom stereocenters. The van der Waals surface area contributed by atoms with Crippen molar-refractivity contribution in [2.75, 3.05) is 18.0 Å². The zero-order chi connectivity index (χ0) is 16.8. The Kier molecular flexibility index (Phi) is 3.36. The van der Waals surface area contributed by atoms with Crippen molar-refractivity contribution in [2.24, 2.45) is 5.92 Å². The van der Waals surface area contributed by atoms with E-state index in [1.54, 1.807) is 6.20 Å². The second-order valence-electron chi connectivity index (χ2n) is 7.16. The average Bonchev–Trinajstić information content (AvgIpc) is 3.33. The van der Waals surface area contributed by atoms with Crippen LogP contribution in [0.2, 0.25) is 0 Å². The predicted molar refractivity (Wildman–Crippen MR) is 97.5 cm³/mol. The van der Waals surface area contributed by atoms with Crippen molar-refractivity contribution in [1.29, 1.82) is 0 Å². The lowest BCUT2D eigenvalue weighted by Crippen LogP contribution is -2.43. The normalized spacial score (nSPS) is 21.0. The van der Waals surface area contributed by atoms with E-state index in [0.29, 0.717) is 6.04 Å². The van der Waals surface area contributed by atoms with Crippen molar-refractivity contribution in [3.05, 3.63) is 30.7 Å². The zero-order valence-electron chi connectivity index (χ0n) is 14.0. The number of aromatic nitrogens is 3. The number of nitrogens with one attached hydrogen (secondary N) is 2. The molecular weight excluding hydrogens is 314 g/mol. The molecule has 5 rings (SSSR count). The van der Waals surface area contributed by atoms with Crippen molar-refractivity contribution in [1.82, 2.24) is 20.3 Å². The first-order chi connectivity index (χ1) is 12.3. The second kappa shape index (κ2) is 5.72. The highest BCUT2D eigenvalue weighted by atomic mass is 16.2. The zero-order valence-corrected chi connectivity index (χ0v) is 14.0. The number of aromatic amines is 1. The quantitative estimate of drug-likeness (QED) is 0.771. The molecule has 6 heteroatoms. The summed E-state index contributed by atoms with van der Waals surface area (Å²) in [5, 5.41) is 5.38. The minimum absolute atomic E-state index is 0.0729. The van der Waals surface area contributed by atoms with Crippen molar-refractivity contribution < 1.29 is 4.79 Å². The van der Waals surface area contributed by atoms with Gasteiger partial charge in [0.1, 0.15) is 0 Å². The molecule has 128 valence electrons. The van der Waals surface area contributed by atoms with Gasteiger partial charge in [-0.15, -0.1) is 0 Å². The third-order valence-electron chi connectivity index (χ3n) is 5.33. The van der Waals surface area contributed by atoms with E-state index in [9.17, 15) is 4.79 Å². The summed E-state index contributed by atoms with van der Waals surface area (Å²) >= 11 is 0. The third kappa shape index (κ3) is 2.62. The van der Waals surface area contributed by atoms with Gasteiger partial charge in [0.2, 0.25) is 5.91 Å². The van der Waals surface area contributed by atoms with Crippen molar-refractivity contribution in [3.8, 4) is 0 Å². The molecule has 2 fully saturated rings. The van der Waals surface area contributed by atoms with Crippen LogP contribution in [0.1, 0.15) is 25.7 Å². The lowest BCUT2D eigenvalue weighted by molar-refractivity contribution is -0.125. The maximum absolute atomic E-state index is 12.5. The van der Waals surface area contributed by atoms with Gasteiger partial charge in [-0.25, -0.2) is 9.97 Å². The molecule has 0 aromatic carbocycles. The Morgan fingerprint density at radius 1 is 1.24 bits per heavy atom. The molecule has 1 saturated carbocycles. The smallest absolute Gasteiger partial charge is 0.225 e. The Labute approximate surface area is 145 Å². The fourth-order valence-corrected chi connectivity index (χ4v) is 3.86. The number of pyridine rings is 2. The van der Waals surface area contributed by atoms with Gasteiger partial charge in [-0.3, -0.25) is 4.79 Å². The number of rotatable bonds is 3. The van der Waals surface area contributed by atoms with Gasteiger partial charge in [0.25, 0.3) is 0 Å². The molecule has 3 aromatic heterocycles. The number of H-pyrrole nitrogens is 1. The van der Waals surface area contributed by atoms with E-state index in [2.05, 4.69) is 31.2 Å². The van der Waals surface area contributed by atoms with Crippen LogP contribution in [0.3, 0.4) is 0 Å². The lowest BCUT2D eigenvalue weighted by Gasteiger charge is -2.34. The topological polar surface area (TPSA) is 73.9 Å². The summed E-state index contributed by atoms with van der Waals surface area (Å²) in [6, 6.07) is 4.55. The van der Waals surface area contributed by atoms with Crippen molar-refractivity contribution in [3.63, 3.8) is 0 Å². The molecule has 6 nitrogen and oxygen atoms in total. The second-order valence-corrected chi connectivity index (χ2v) is 7.16. The highest BCUT2D eigenvalue weighted by Gasteiger charge is 2.31. The van der Waals surface area contributed by atoms with Gasteiger partial charge in [0.05, 0.1) is 17.6 Å². The van der Waals surface area contributed by atoms with Crippen LogP contribution in [0, 0.1) is 5.92 Å². The van der Waals surface area contributed by atoms with E-state index in [1.165, 1.54) is 0 Å². The Morgan fingerprint density at radius 3 is 3.04 bits per heavy atom. The summed E-state index contributed by atoms with van der Waals surface area (Å²) in [6.07, 6.45) is 9.88. The van der Waals surface area contributed by atoms with E-state index in [4.69, 9.17) is 0 Å². The summed E-state index contributed by atoms with van der Waals surface area (Å²) in [5.74, 6) is 0.296. The van der Waals surface area contributed by atoms with E-state index < -0.39 is 0 Å². The van der Waals surface area contributed by atoms with Crippen LogP contribution in [0.15, 0.2) is 30.7 Å². The number of piperidine rings is 1. The monoisotopic (exact) mass is 335 g/mol. The Hall–Kier alpha value is -2.63. The molecular formula is C19H21N5O. The molecule has 2 aliphatic rings. The first-order valence-electron chi connectivity index (χ1n) is 9.06. The van der Waals surface area contributed by atoms with Crippen LogP contribution in [0.5, 0.6) is 0 Å². The highest BCUT2D eigenvalue weighted by Crippen LogP contribution is 2.33. The number of hydrogen-bond donors (Lipinski definition) is 2. The van der Waals surface area contributed by atoms with Crippen LogP contribution < -0.4 is 10.2 Å². The van der Waals surface area contributed by atoms with E-state index in [-0.39, 0.29) is 11.8 Å². The Balaban J connectivity index is 1.51. The number of hydrogen-bond acceptors (Lipinski definition) is 4. The molecule has 1 saturated heterocycles. The van der Waals surface area contributed by atoms with Crippen LogP contribution in [-0.2, 0) is 4.79 Å². The lowest BCUT2D eigenvalue weighted by atomic mass is 9.96. The molecule has 3 aromatic rings. The molecule has 0 spiro atoms. The number of nitrogens with zero attached hydrogens (tertiary/aromatic N) is 3. The van der Waals surface area contributed by atoms with Gasteiger partial charge in [-0.05, 0) is 37.8 Å². The Morgan fingerprint density at radius 2 is 2.16 bits per heavy atom. The highest BCUT2D eigenvalue weighted by molar-refractivity contribution is 6.10. The largest absolute Gasteiger partial charge is 0.370 e. The molecule has 4 heterocycles. The maximum atomic E-state index is 12.5. The fourth-order valence-electron chi connectivity index (χ4n) is 3.86. The molecule has 25 heavy (non-hydrogen) atoms. The number of carbonyl (C=O) groups is 1. The van der Waals surface area contributed by atoms with Crippen LogP contribution in [0.4, 0.5) is 5.69 Å². The molecule has 0 unspecified atom stereocenters. The molecule has 0 bridgehead atoms. The molecule has 2 N–H and O–H groups in total. The maximum Gasteiger partial charge on any atom is 0.225 e. The van der Waals surface area contributed by atoms with Crippen LogP contribution in [-0.4, -0.2) is 40.0 Å². The minimum Gasteiger partial charge on any atom is -0.370 e. The number of fused-ring (bicyclic) bond motifs is 3. The number of carbonyl (C=O) groups excluding carboxylic acids is 1. The summed E-state index contributed by atoms with van der Waals surface area (Å²) in [7, 11) is 0. The van der Waals surface area contributed by atoms with Crippen molar-refractivity contribution >= 4 is 33.5 Å². The van der Waals surface area contributed by atoms with Gasteiger partial charge in [-0.1, -0.05) is 0 Å². The average molecular weight is 335 g/mol. The number of anilines is 1. The molecule has 0 radical (unpaired) electrons. The van der Waals surface area contributed by atoms with Gasteiger partial charge < -0.3 is 15.2 Å². The summed E-state index contributed by atoms with van der Waals surface area (Å²) < 4.78 is 0. The summed E-state index contributed by atoms with van der Waals surface area (Å²) in [5.41, 5.74) is 2.94. The SMILES string of the molecule is O=C(NC1CC1)[C@H]1CCCN(c2cc[nH]c3cnc4nccc4c23)C1. The first-order valence-corrected chi connectivity index (χ1v) is 9.06. The van der Waals surface area contributed by atoms with E-state index in [0.717, 1.165) is 66.4 Å². The minimum atomic E-state index is 0.0729.